The quantitative estimate of drug-likeness (QED) is 0.660. The van der Waals surface area contributed by atoms with E-state index < -0.39 is 0 Å². The molecule has 0 radical (unpaired) electrons. The molecule has 0 aliphatic carbocycles. The second kappa shape index (κ2) is 7.67. The van der Waals surface area contributed by atoms with Crippen LogP contribution in [0.5, 0.6) is 5.88 Å². The first-order valence-corrected chi connectivity index (χ1v) is 9.72. The lowest BCUT2D eigenvalue weighted by Gasteiger charge is -2.35. The summed E-state index contributed by atoms with van der Waals surface area (Å²) in [7, 11) is 0. The minimum Gasteiger partial charge on any atom is -0.471 e. The average molecular weight is 395 g/mol. The molecular weight excluding hydrogens is 374 g/mol. The summed E-state index contributed by atoms with van der Waals surface area (Å²) >= 11 is 0. The Hall–Kier alpha value is -3.20. The van der Waals surface area contributed by atoms with Crippen molar-refractivity contribution < 1.29 is 18.8 Å². The first kappa shape index (κ1) is 17.9. The van der Waals surface area contributed by atoms with Gasteiger partial charge in [-0.05, 0) is 18.2 Å². The largest absolute Gasteiger partial charge is 0.471 e. The fourth-order valence-corrected chi connectivity index (χ4v) is 3.72. The van der Waals surface area contributed by atoms with Crippen LogP contribution in [0.4, 0.5) is 5.69 Å². The van der Waals surface area contributed by atoms with Gasteiger partial charge in [-0.15, -0.1) is 0 Å². The SMILES string of the molecule is O=C(c1ccno1)N1CCN(c2ccc3ncnc(OC4CCOC4)c3c2)CC1. The summed E-state index contributed by atoms with van der Waals surface area (Å²) in [5, 5.41) is 4.50. The Bertz CT molecular complexity index is 995. The number of benzene rings is 1. The van der Waals surface area contributed by atoms with E-state index in [1.807, 2.05) is 12.1 Å². The Kier molecular flexibility index (Phi) is 4.73. The monoisotopic (exact) mass is 395 g/mol. The summed E-state index contributed by atoms with van der Waals surface area (Å²) in [6, 6.07) is 7.69. The zero-order chi connectivity index (χ0) is 19.6. The number of amides is 1. The number of hydrogen-bond donors (Lipinski definition) is 0. The molecule has 2 aliphatic heterocycles. The lowest BCUT2D eigenvalue weighted by atomic mass is 10.1. The second-order valence-corrected chi connectivity index (χ2v) is 7.14. The van der Waals surface area contributed by atoms with E-state index in [9.17, 15) is 4.79 Å². The van der Waals surface area contributed by atoms with E-state index in [1.54, 1.807) is 11.0 Å². The van der Waals surface area contributed by atoms with Crippen LogP contribution in [-0.4, -0.2) is 71.4 Å². The Morgan fingerprint density at radius 3 is 2.79 bits per heavy atom. The van der Waals surface area contributed by atoms with E-state index in [0.29, 0.717) is 25.6 Å². The van der Waals surface area contributed by atoms with Crippen molar-refractivity contribution in [3.8, 4) is 5.88 Å². The fraction of sp³-hybridized carbons (Fsp3) is 0.400. The molecule has 0 saturated carbocycles. The predicted molar refractivity (Wildman–Crippen MR) is 104 cm³/mol. The number of aromatic nitrogens is 3. The van der Waals surface area contributed by atoms with Gasteiger partial charge in [0.05, 0.1) is 30.3 Å². The van der Waals surface area contributed by atoms with Crippen molar-refractivity contribution in [2.45, 2.75) is 12.5 Å². The van der Waals surface area contributed by atoms with Gasteiger partial charge in [-0.25, -0.2) is 9.97 Å². The van der Waals surface area contributed by atoms with Gasteiger partial charge in [0.1, 0.15) is 12.4 Å². The lowest BCUT2D eigenvalue weighted by molar-refractivity contribution is 0.0705. The molecule has 2 aliphatic rings. The molecule has 9 heteroatoms. The minimum atomic E-state index is -0.122. The third-order valence-corrected chi connectivity index (χ3v) is 5.33. The molecule has 150 valence electrons. The molecule has 3 aromatic rings. The second-order valence-electron chi connectivity index (χ2n) is 7.14. The van der Waals surface area contributed by atoms with Crippen molar-refractivity contribution in [3.63, 3.8) is 0 Å². The van der Waals surface area contributed by atoms with Crippen LogP contribution in [0.15, 0.2) is 41.3 Å². The molecule has 0 N–H and O–H groups in total. The van der Waals surface area contributed by atoms with Crippen molar-refractivity contribution in [1.29, 1.82) is 0 Å². The molecule has 1 unspecified atom stereocenters. The highest BCUT2D eigenvalue weighted by Crippen LogP contribution is 2.29. The van der Waals surface area contributed by atoms with Crippen molar-refractivity contribution in [2.75, 3.05) is 44.3 Å². The van der Waals surface area contributed by atoms with Crippen LogP contribution in [0.25, 0.3) is 10.9 Å². The van der Waals surface area contributed by atoms with Gasteiger partial charge in [0.2, 0.25) is 11.6 Å². The molecule has 1 aromatic carbocycles. The van der Waals surface area contributed by atoms with E-state index in [1.165, 1.54) is 12.5 Å². The fourth-order valence-electron chi connectivity index (χ4n) is 3.72. The van der Waals surface area contributed by atoms with Gasteiger partial charge in [0.15, 0.2) is 0 Å². The van der Waals surface area contributed by atoms with E-state index in [0.717, 1.165) is 42.7 Å². The summed E-state index contributed by atoms with van der Waals surface area (Å²) in [5.74, 6) is 0.744. The summed E-state index contributed by atoms with van der Waals surface area (Å²) in [4.78, 5) is 25.2. The molecule has 5 rings (SSSR count). The van der Waals surface area contributed by atoms with Gasteiger partial charge in [0.25, 0.3) is 5.91 Å². The third kappa shape index (κ3) is 3.61. The van der Waals surface area contributed by atoms with E-state index >= 15 is 0 Å². The van der Waals surface area contributed by atoms with Crippen molar-refractivity contribution in [1.82, 2.24) is 20.0 Å². The van der Waals surface area contributed by atoms with Crippen LogP contribution in [0, 0.1) is 0 Å². The number of ether oxygens (including phenoxy) is 2. The molecule has 2 saturated heterocycles. The number of rotatable bonds is 4. The van der Waals surface area contributed by atoms with Crippen LogP contribution < -0.4 is 9.64 Å². The summed E-state index contributed by atoms with van der Waals surface area (Å²) in [6.45, 7) is 4.00. The maximum Gasteiger partial charge on any atom is 0.292 e. The van der Waals surface area contributed by atoms with Gasteiger partial charge < -0.3 is 23.8 Å². The van der Waals surface area contributed by atoms with Gasteiger partial charge in [-0.1, -0.05) is 5.16 Å². The molecule has 0 bridgehead atoms. The van der Waals surface area contributed by atoms with Gasteiger partial charge >= 0.3 is 0 Å². The summed E-state index contributed by atoms with van der Waals surface area (Å²) in [5.41, 5.74) is 1.91. The molecular formula is C20H21N5O4. The molecule has 29 heavy (non-hydrogen) atoms. The third-order valence-electron chi connectivity index (χ3n) is 5.33. The number of anilines is 1. The number of hydrogen-bond acceptors (Lipinski definition) is 8. The Balaban J connectivity index is 1.32. The molecule has 4 heterocycles. The molecule has 1 amide bonds. The molecule has 9 nitrogen and oxygen atoms in total. The van der Waals surface area contributed by atoms with Gasteiger partial charge in [0, 0.05) is 44.4 Å². The van der Waals surface area contributed by atoms with E-state index in [-0.39, 0.29) is 17.8 Å². The number of fused-ring (bicyclic) bond motifs is 1. The van der Waals surface area contributed by atoms with Crippen LogP contribution in [0.1, 0.15) is 17.0 Å². The first-order valence-electron chi connectivity index (χ1n) is 9.72. The number of carbonyl (C=O) groups excluding carboxylic acids is 1. The molecule has 0 spiro atoms. The van der Waals surface area contributed by atoms with Crippen LogP contribution in [0.2, 0.25) is 0 Å². The topological polar surface area (TPSA) is 93.8 Å². The summed E-state index contributed by atoms with van der Waals surface area (Å²) in [6.07, 6.45) is 3.91. The molecule has 2 fully saturated rings. The standard InChI is InChI=1S/C20H21N5O4/c26-20(18-3-5-23-29-18)25-8-6-24(7-9-25)14-1-2-17-16(11-14)19(22-13-21-17)28-15-4-10-27-12-15/h1-3,5,11,13,15H,4,6-10,12H2. The van der Waals surface area contributed by atoms with Crippen LogP contribution >= 0.6 is 0 Å². The maximum atomic E-state index is 12.4. The first-order chi connectivity index (χ1) is 14.3. The zero-order valence-corrected chi connectivity index (χ0v) is 15.9. The average Bonchev–Trinajstić information content (AvgIpc) is 3.48. The van der Waals surface area contributed by atoms with Crippen molar-refractivity contribution in [3.05, 3.63) is 42.5 Å². The maximum absolute atomic E-state index is 12.4. The molecule has 1 atom stereocenters. The minimum absolute atomic E-state index is 0.0300. The highest BCUT2D eigenvalue weighted by Gasteiger charge is 2.25. The van der Waals surface area contributed by atoms with Gasteiger partial charge in [-0.2, -0.15) is 0 Å². The predicted octanol–water partition coefficient (Wildman–Crippen LogP) is 1.75. The highest BCUT2D eigenvalue weighted by atomic mass is 16.5. The smallest absolute Gasteiger partial charge is 0.292 e. The van der Waals surface area contributed by atoms with E-state index in [4.69, 9.17) is 14.0 Å². The zero-order valence-electron chi connectivity index (χ0n) is 15.9. The normalized spacial score (nSPS) is 19.7. The Morgan fingerprint density at radius 2 is 2.03 bits per heavy atom. The van der Waals surface area contributed by atoms with Crippen LogP contribution in [-0.2, 0) is 4.74 Å². The summed E-state index contributed by atoms with van der Waals surface area (Å²) < 4.78 is 16.4. The highest BCUT2D eigenvalue weighted by molar-refractivity contribution is 5.91. The Morgan fingerprint density at radius 1 is 1.14 bits per heavy atom. The number of piperazine rings is 1. The lowest BCUT2D eigenvalue weighted by Crippen LogP contribution is -2.48. The molecule has 2 aromatic heterocycles. The Labute approximate surface area is 167 Å². The van der Waals surface area contributed by atoms with Crippen molar-refractivity contribution in [2.24, 2.45) is 0 Å². The van der Waals surface area contributed by atoms with Crippen molar-refractivity contribution >= 4 is 22.5 Å². The number of carbonyl (C=O) groups is 1. The van der Waals surface area contributed by atoms with Crippen LogP contribution in [0.3, 0.4) is 0 Å². The van der Waals surface area contributed by atoms with E-state index in [2.05, 4.69) is 26.1 Å². The van der Waals surface area contributed by atoms with Gasteiger partial charge in [-0.3, -0.25) is 4.79 Å². The number of nitrogens with zero attached hydrogens (tertiary/aromatic N) is 5.